The minimum absolute atomic E-state index is 0.119. The van der Waals surface area contributed by atoms with Crippen LogP contribution in [0.5, 0.6) is 0 Å². The van der Waals surface area contributed by atoms with Crippen LogP contribution in [-0.4, -0.2) is 33.5 Å². The number of nitrogens with zero attached hydrogens (tertiary/aromatic N) is 2. The first kappa shape index (κ1) is 22.7. The second-order valence-corrected chi connectivity index (χ2v) is 7.90. The van der Waals surface area contributed by atoms with E-state index >= 15 is 0 Å². The zero-order valence-corrected chi connectivity index (χ0v) is 18.5. The SMILES string of the molecule is Cc1ccc(C(=O)O)cc1-n1c(C)cc(C=C2C(=O)NC(=O)N(c3ccc(F)cc3)C2=O)c1C. The molecule has 0 atom stereocenters. The van der Waals surface area contributed by atoms with Crippen LogP contribution in [0.3, 0.4) is 0 Å². The maximum atomic E-state index is 13.3. The minimum Gasteiger partial charge on any atom is -0.478 e. The molecular formula is C25H20FN3O5. The van der Waals surface area contributed by atoms with E-state index in [1.54, 1.807) is 25.1 Å². The van der Waals surface area contributed by atoms with Crippen LogP contribution in [0.2, 0.25) is 0 Å². The van der Waals surface area contributed by atoms with Crippen molar-refractivity contribution in [2.45, 2.75) is 20.8 Å². The monoisotopic (exact) mass is 461 g/mol. The lowest BCUT2D eigenvalue weighted by atomic mass is 10.1. The highest BCUT2D eigenvalue weighted by Gasteiger charge is 2.37. The van der Waals surface area contributed by atoms with E-state index in [9.17, 15) is 28.7 Å². The van der Waals surface area contributed by atoms with Gasteiger partial charge in [0.2, 0.25) is 0 Å². The Morgan fingerprint density at radius 1 is 1.00 bits per heavy atom. The van der Waals surface area contributed by atoms with Gasteiger partial charge >= 0.3 is 12.0 Å². The van der Waals surface area contributed by atoms with Gasteiger partial charge in [0.1, 0.15) is 11.4 Å². The number of carboxylic acids is 1. The molecule has 0 bridgehead atoms. The van der Waals surface area contributed by atoms with Crippen LogP contribution < -0.4 is 10.2 Å². The molecule has 2 heterocycles. The molecule has 0 spiro atoms. The zero-order valence-electron chi connectivity index (χ0n) is 18.5. The van der Waals surface area contributed by atoms with E-state index in [0.29, 0.717) is 16.9 Å². The number of halogens is 1. The Kier molecular flexibility index (Phi) is 5.62. The molecule has 2 aromatic carbocycles. The Balaban J connectivity index is 1.79. The first-order chi connectivity index (χ1) is 16.1. The number of aryl methyl sites for hydroxylation is 2. The molecule has 0 radical (unpaired) electrons. The van der Waals surface area contributed by atoms with Crippen molar-refractivity contribution in [3.05, 3.63) is 88.0 Å². The molecule has 1 saturated heterocycles. The summed E-state index contributed by atoms with van der Waals surface area (Å²) in [5.41, 5.74) is 3.45. The first-order valence-electron chi connectivity index (χ1n) is 10.3. The molecule has 4 rings (SSSR count). The molecule has 2 N–H and O–H groups in total. The van der Waals surface area contributed by atoms with E-state index in [2.05, 4.69) is 5.32 Å². The van der Waals surface area contributed by atoms with Gasteiger partial charge in [-0.3, -0.25) is 14.9 Å². The fourth-order valence-electron chi connectivity index (χ4n) is 3.93. The highest BCUT2D eigenvalue weighted by molar-refractivity contribution is 6.39. The Labute approximate surface area is 193 Å². The summed E-state index contributed by atoms with van der Waals surface area (Å²) in [6, 6.07) is 10.4. The maximum absolute atomic E-state index is 13.3. The molecule has 8 nitrogen and oxygen atoms in total. The van der Waals surface area contributed by atoms with E-state index in [4.69, 9.17) is 0 Å². The van der Waals surface area contributed by atoms with E-state index in [1.165, 1.54) is 24.3 Å². The Morgan fingerprint density at radius 3 is 2.32 bits per heavy atom. The average molecular weight is 461 g/mol. The predicted octanol–water partition coefficient (Wildman–Crippen LogP) is 3.91. The number of anilines is 1. The van der Waals surface area contributed by atoms with Crippen LogP contribution in [0.1, 0.15) is 32.9 Å². The van der Waals surface area contributed by atoms with Crippen molar-refractivity contribution in [3.63, 3.8) is 0 Å². The van der Waals surface area contributed by atoms with Crippen LogP contribution in [-0.2, 0) is 9.59 Å². The number of carbonyl (C=O) groups is 4. The van der Waals surface area contributed by atoms with Crippen molar-refractivity contribution in [1.29, 1.82) is 0 Å². The van der Waals surface area contributed by atoms with Gasteiger partial charge in [0.05, 0.1) is 11.3 Å². The van der Waals surface area contributed by atoms with Crippen LogP contribution >= 0.6 is 0 Å². The second-order valence-electron chi connectivity index (χ2n) is 7.90. The topological polar surface area (TPSA) is 109 Å². The van der Waals surface area contributed by atoms with Crippen molar-refractivity contribution < 1.29 is 28.7 Å². The minimum atomic E-state index is -1.05. The fraction of sp³-hybridized carbons (Fsp3) is 0.120. The predicted molar refractivity (Wildman–Crippen MR) is 122 cm³/mol. The van der Waals surface area contributed by atoms with Crippen LogP contribution in [0.25, 0.3) is 11.8 Å². The van der Waals surface area contributed by atoms with E-state index in [0.717, 1.165) is 28.3 Å². The Hall–Kier alpha value is -4.53. The number of benzene rings is 2. The van der Waals surface area contributed by atoms with Crippen molar-refractivity contribution in [3.8, 4) is 5.69 Å². The van der Waals surface area contributed by atoms with Crippen molar-refractivity contribution in [1.82, 2.24) is 9.88 Å². The molecule has 1 aliphatic rings. The number of carbonyl (C=O) groups excluding carboxylic acids is 3. The van der Waals surface area contributed by atoms with Gasteiger partial charge in [-0.1, -0.05) is 6.07 Å². The van der Waals surface area contributed by atoms with Gasteiger partial charge in [-0.2, -0.15) is 0 Å². The lowest BCUT2D eigenvalue weighted by Crippen LogP contribution is -2.54. The number of nitrogens with one attached hydrogen (secondary N) is 1. The number of amides is 4. The number of hydrogen-bond acceptors (Lipinski definition) is 4. The number of aromatic carboxylic acids is 1. The van der Waals surface area contributed by atoms with E-state index < -0.39 is 29.6 Å². The van der Waals surface area contributed by atoms with Crippen LogP contribution in [0.4, 0.5) is 14.9 Å². The van der Waals surface area contributed by atoms with Gasteiger partial charge in [-0.15, -0.1) is 0 Å². The zero-order chi connectivity index (χ0) is 24.7. The number of carboxylic acid groups (broad SMARTS) is 1. The summed E-state index contributed by atoms with van der Waals surface area (Å²) in [5.74, 6) is -3.27. The molecule has 0 unspecified atom stereocenters. The van der Waals surface area contributed by atoms with Crippen LogP contribution in [0.15, 0.2) is 54.1 Å². The Bertz CT molecular complexity index is 1400. The van der Waals surface area contributed by atoms with E-state index in [1.807, 2.05) is 18.4 Å². The summed E-state index contributed by atoms with van der Waals surface area (Å²) < 4.78 is 15.1. The Morgan fingerprint density at radius 2 is 1.68 bits per heavy atom. The molecule has 4 amide bonds. The quantitative estimate of drug-likeness (QED) is 0.452. The molecule has 34 heavy (non-hydrogen) atoms. The smallest absolute Gasteiger partial charge is 0.335 e. The molecule has 172 valence electrons. The third kappa shape index (κ3) is 3.88. The molecular weight excluding hydrogens is 441 g/mol. The summed E-state index contributed by atoms with van der Waals surface area (Å²) in [5, 5.41) is 11.5. The molecule has 9 heteroatoms. The summed E-state index contributed by atoms with van der Waals surface area (Å²) in [6.45, 7) is 5.45. The summed E-state index contributed by atoms with van der Waals surface area (Å²) >= 11 is 0. The van der Waals surface area contributed by atoms with Crippen molar-refractivity contribution >= 4 is 35.6 Å². The maximum Gasteiger partial charge on any atom is 0.335 e. The number of hydrogen-bond donors (Lipinski definition) is 2. The molecule has 1 aromatic heterocycles. The lowest BCUT2D eigenvalue weighted by molar-refractivity contribution is -0.122. The lowest BCUT2D eigenvalue weighted by Gasteiger charge is -2.26. The fourth-order valence-corrected chi connectivity index (χ4v) is 3.93. The number of rotatable bonds is 4. The number of urea groups is 1. The summed E-state index contributed by atoms with van der Waals surface area (Å²) in [4.78, 5) is 50.2. The van der Waals surface area contributed by atoms with Crippen molar-refractivity contribution in [2.75, 3.05) is 4.90 Å². The molecule has 3 aromatic rings. The van der Waals surface area contributed by atoms with Gasteiger partial charge in [-0.25, -0.2) is 18.9 Å². The number of aromatic nitrogens is 1. The van der Waals surface area contributed by atoms with Crippen molar-refractivity contribution in [2.24, 2.45) is 0 Å². The van der Waals surface area contributed by atoms with E-state index in [-0.39, 0.29) is 16.8 Å². The first-order valence-corrected chi connectivity index (χ1v) is 10.3. The van der Waals surface area contributed by atoms with Crippen LogP contribution in [0, 0.1) is 26.6 Å². The standard InChI is InChI=1S/C25H20FN3O5/c1-13-4-5-16(24(32)33)12-21(13)28-14(2)10-17(15(28)3)11-20-22(30)27-25(34)29(23(20)31)19-8-6-18(26)7-9-19/h4-12H,1-3H3,(H,32,33)(H,27,30,34). The average Bonchev–Trinajstić information content (AvgIpc) is 3.05. The molecule has 1 aliphatic heterocycles. The largest absolute Gasteiger partial charge is 0.478 e. The summed E-state index contributed by atoms with van der Waals surface area (Å²) in [7, 11) is 0. The van der Waals surface area contributed by atoms with Gasteiger partial charge in [0.15, 0.2) is 0 Å². The molecule has 1 fully saturated rings. The highest BCUT2D eigenvalue weighted by atomic mass is 19.1. The highest BCUT2D eigenvalue weighted by Crippen LogP contribution is 2.28. The molecule has 0 saturated carbocycles. The van der Waals surface area contributed by atoms with Gasteiger partial charge in [-0.05, 0) is 80.4 Å². The van der Waals surface area contributed by atoms with Gasteiger partial charge in [0, 0.05) is 17.1 Å². The second kappa shape index (κ2) is 8.43. The molecule has 0 aliphatic carbocycles. The third-order valence-corrected chi connectivity index (χ3v) is 5.65. The summed E-state index contributed by atoms with van der Waals surface area (Å²) in [6.07, 6.45) is 1.38. The normalized spacial score (nSPS) is 15.1. The van der Waals surface area contributed by atoms with Gasteiger partial charge < -0.3 is 9.67 Å². The third-order valence-electron chi connectivity index (χ3n) is 5.65. The number of barbiturate groups is 1. The van der Waals surface area contributed by atoms with Gasteiger partial charge in [0.25, 0.3) is 11.8 Å². The number of imide groups is 2.